The molecular formula is C34H48N6O4. The van der Waals surface area contributed by atoms with Crippen molar-refractivity contribution >= 4 is 23.6 Å². The van der Waals surface area contributed by atoms with E-state index in [2.05, 4.69) is 38.5 Å². The van der Waals surface area contributed by atoms with Gasteiger partial charge in [-0.3, -0.25) is 14.3 Å². The number of nitrogens with zero attached hydrogens (tertiary/aromatic N) is 2. The van der Waals surface area contributed by atoms with Gasteiger partial charge in [0.2, 0.25) is 5.91 Å². The lowest BCUT2D eigenvalue weighted by Gasteiger charge is -2.38. The number of ether oxygens (including phenoxy) is 1. The van der Waals surface area contributed by atoms with E-state index in [-0.39, 0.29) is 42.0 Å². The monoisotopic (exact) mass is 604 g/mol. The number of rotatable bonds is 11. The number of hydrogen-bond acceptors (Lipinski definition) is 6. The molecule has 0 aliphatic heterocycles. The van der Waals surface area contributed by atoms with Crippen LogP contribution in [-0.4, -0.2) is 51.4 Å². The minimum absolute atomic E-state index is 0.0463. The summed E-state index contributed by atoms with van der Waals surface area (Å²) in [5.41, 5.74) is 3.27. The van der Waals surface area contributed by atoms with Crippen molar-refractivity contribution in [2.75, 3.05) is 5.32 Å². The Kier molecular flexibility index (Phi) is 8.48. The maximum atomic E-state index is 13.9. The fourth-order valence-electron chi connectivity index (χ4n) is 7.07. The molecule has 3 amide bonds. The van der Waals surface area contributed by atoms with E-state index in [1.807, 2.05) is 40.7 Å². The van der Waals surface area contributed by atoms with Gasteiger partial charge in [-0.25, -0.2) is 4.79 Å². The third-order valence-electron chi connectivity index (χ3n) is 9.46. The number of carbonyl (C=O) groups is 3. The Bertz CT molecular complexity index is 1370. The first-order valence-electron chi connectivity index (χ1n) is 16.5. The molecule has 6 rings (SSSR count). The van der Waals surface area contributed by atoms with Crippen LogP contribution in [0.25, 0.3) is 0 Å². The van der Waals surface area contributed by atoms with Gasteiger partial charge in [0.05, 0.1) is 0 Å². The normalized spacial score (nSPS) is 23.6. The Morgan fingerprint density at radius 2 is 1.68 bits per heavy atom. The molecule has 238 valence electrons. The second-order valence-electron chi connectivity index (χ2n) is 14.6. The van der Waals surface area contributed by atoms with E-state index in [1.54, 1.807) is 16.9 Å². The zero-order valence-corrected chi connectivity index (χ0v) is 26.7. The molecule has 10 nitrogen and oxygen atoms in total. The third-order valence-corrected chi connectivity index (χ3v) is 9.46. The highest BCUT2D eigenvalue weighted by molar-refractivity contribution is 6.01. The Morgan fingerprint density at radius 3 is 2.32 bits per heavy atom. The van der Waals surface area contributed by atoms with Crippen LogP contribution in [0.4, 0.5) is 10.5 Å². The number of amides is 3. The standard InChI is InChI=1S/C34H48N6O4/c1-19(2)40-28(14-15-35-40)31(41)39-30(29(20-6-7-20)21-8-9-21)32(42)37-23-11-12-26-22(16-23)10-13-27(26)36-24-17-25(18-24)38-33(43)44-34(3,4)5/h11-12,14-16,19-21,24-25,27,29-30,36H,6-10,13,17-18H2,1-5H3,(H,37,42)(H,38,43)(H,39,41)/t24?,25?,27-,30+/m1/s1. The second kappa shape index (κ2) is 12.2. The van der Waals surface area contributed by atoms with Gasteiger partial charge in [-0.15, -0.1) is 0 Å². The van der Waals surface area contributed by atoms with Gasteiger partial charge in [-0.1, -0.05) is 6.07 Å². The van der Waals surface area contributed by atoms with E-state index in [0.717, 1.165) is 57.1 Å². The van der Waals surface area contributed by atoms with Crippen molar-refractivity contribution in [1.82, 2.24) is 25.7 Å². The third kappa shape index (κ3) is 7.11. The van der Waals surface area contributed by atoms with Gasteiger partial charge in [0.1, 0.15) is 17.3 Å². The van der Waals surface area contributed by atoms with Gasteiger partial charge in [-0.2, -0.15) is 5.10 Å². The highest BCUT2D eigenvalue weighted by atomic mass is 16.6. The molecule has 44 heavy (non-hydrogen) atoms. The van der Waals surface area contributed by atoms with E-state index in [0.29, 0.717) is 23.6 Å². The summed E-state index contributed by atoms with van der Waals surface area (Å²) >= 11 is 0. The average molecular weight is 605 g/mol. The number of aryl methyl sites for hydroxylation is 1. The maximum absolute atomic E-state index is 13.9. The molecule has 0 unspecified atom stereocenters. The van der Waals surface area contributed by atoms with Crippen molar-refractivity contribution in [3.05, 3.63) is 47.3 Å². The van der Waals surface area contributed by atoms with E-state index >= 15 is 0 Å². The lowest BCUT2D eigenvalue weighted by Crippen LogP contribution is -2.53. The molecule has 0 bridgehead atoms. The molecule has 0 saturated heterocycles. The molecule has 0 radical (unpaired) electrons. The summed E-state index contributed by atoms with van der Waals surface area (Å²) in [5, 5.41) is 17.4. The van der Waals surface area contributed by atoms with Gasteiger partial charge < -0.3 is 26.0 Å². The summed E-state index contributed by atoms with van der Waals surface area (Å²) < 4.78 is 7.09. The molecule has 1 heterocycles. The first-order chi connectivity index (χ1) is 20.9. The van der Waals surface area contributed by atoms with E-state index in [4.69, 9.17) is 4.74 Å². The van der Waals surface area contributed by atoms with E-state index < -0.39 is 11.6 Å². The largest absolute Gasteiger partial charge is 0.444 e. The number of alkyl carbamates (subject to hydrolysis) is 1. The topological polar surface area (TPSA) is 126 Å². The van der Waals surface area contributed by atoms with Crippen molar-refractivity contribution in [1.29, 1.82) is 0 Å². The lowest BCUT2D eigenvalue weighted by atomic mass is 9.86. The van der Waals surface area contributed by atoms with Gasteiger partial charge in [0.25, 0.3) is 5.91 Å². The maximum Gasteiger partial charge on any atom is 0.407 e. The zero-order chi connectivity index (χ0) is 31.2. The molecule has 4 aliphatic rings. The number of anilines is 1. The summed E-state index contributed by atoms with van der Waals surface area (Å²) in [6.07, 6.45) is 9.48. The van der Waals surface area contributed by atoms with Crippen LogP contribution in [0.3, 0.4) is 0 Å². The SMILES string of the molecule is CC(C)n1nccc1C(=O)N[C@H](C(=O)Nc1ccc2c(c1)CC[C@H]2NC1CC(NC(=O)OC(C)(C)C)C1)C(C1CC1)C1CC1. The first-order valence-corrected chi connectivity index (χ1v) is 16.5. The molecule has 3 fully saturated rings. The van der Waals surface area contributed by atoms with E-state index in [9.17, 15) is 14.4 Å². The summed E-state index contributed by atoms with van der Waals surface area (Å²) in [4.78, 5) is 39.4. The highest BCUT2D eigenvalue weighted by Crippen LogP contribution is 2.51. The van der Waals surface area contributed by atoms with E-state index in [1.165, 1.54) is 11.1 Å². The second-order valence-corrected chi connectivity index (χ2v) is 14.6. The minimum atomic E-state index is -0.582. The lowest BCUT2D eigenvalue weighted by molar-refractivity contribution is -0.119. The molecule has 3 saturated carbocycles. The molecule has 2 aromatic rings. The predicted molar refractivity (Wildman–Crippen MR) is 168 cm³/mol. The van der Waals surface area contributed by atoms with Crippen molar-refractivity contribution < 1.29 is 19.1 Å². The molecule has 1 aromatic heterocycles. The molecule has 1 aromatic carbocycles. The fourth-order valence-corrected chi connectivity index (χ4v) is 7.07. The molecule has 10 heteroatoms. The Morgan fingerprint density at radius 1 is 0.977 bits per heavy atom. The molecule has 4 N–H and O–H groups in total. The van der Waals surface area contributed by atoms with Gasteiger partial charge in [0, 0.05) is 36.1 Å². The Labute approximate surface area is 260 Å². The molecule has 0 spiro atoms. The van der Waals surface area contributed by atoms with Crippen LogP contribution < -0.4 is 21.3 Å². The first kappa shape index (κ1) is 30.6. The van der Waals surface area contributed by atoms with Gasteiger partial charge in [-0.05, 0) is 133 Å². The van der Waals surface area contributed by atoms with Crippen molar-refractivity contribution in [3.63, 3.8) is 0 Å². The fraction of sp³-hybridized carbons (Fsp3) is 0.647. The van der Waals surface area contributed by atoms with Crippen LogP contribution in [0.5, 0.6) is 0 Å². The van der Waals surface area contributed by atoms with Crippen LogP contribution in [0.15, 0.2) is 30.5 Å². The number of hydrogen-bond donors (Lipinski definition) is 4. The summed E-state index contributed by atoms with van der Waals surface area (Å²) in [6, 6.07) is 8.14. The molecular weight excluding hydrogens is 556 g/mol. The summed E-state index contributed by atoms with van der Waals surface area (Å²) in [6.45, 7) is 9.59. The number of carbonyl (C=O) groups excluding carboxylic acids is 3. The minimum Gasteiger partial charge on any atom is -0.444 e. The highest BCUT2D eigenvalue weighted by Gasteiger charge is 2.48. The number of benzene rings is 1. The summed E-state index contributed by atoms with van der Waals surface area (Å²) in [5.74, 6) is 0.763. The van der Waals surface area contributed by atoms with Crippen LogP contribution >= 0.6 is 0 Å². The van der Waals surface area contributed by atoms with Crippen molar-refractivity contribution in [2.24, 2.45) is 17.8 Å². The Hall–Kier alpha value is -3.40. The van der Waals surface area contributed by atoms with Crippen LogP contribution in [0, 0.1) is 17.8 Å². The van der Waals surface area contributed by atoms with Gasteiger partial charge in [0.15, 0.2) is 0 Å². The van der Waals surface area contributed by atoms with Crippen molar-refractivity contribution in [3.8, 4) is 0 Å². The van der Waals surface area contributed by atoms with Crippen LogP contribution in [0.1, 0.15) is 113 Å². The quantitative estimate of drug-likeness (QED) is 0.277. The van der Waals surface area contributed by atoms with Crippen molar-refractivity contribution in [2.45, 2.75) is 122 Å². The van der Waals surface area contributed by atoms with Crippen LogP contribution in [0.2, 0.25) is 0 Å². The smallest absolute Gasteiger partial charge is 0.407 e. The average Bonchev–Trinajstić information content (AvgIpc) is 3.85. The summed E-state index contributed by atoms with van der Waals surface area (Å²) in [7, 11) is 0. The zero-order valence-electron chi connectivity index (χ0n) is 26.7. The number of nitrogens with one attached hydrogen (secondary N) is 4. The number of fused-ring (bicyclic) bond motifs is 1. The molecule has 2 atom stereocenters. The Balaban J connectivity index is 1.07. The molecule has 4 aliphatic carbocycles. The predicted octanol–water partition coefficient (Wildman–Crippen LogP) is 5.27. The van der Waals surface area contributed by atoms with Gasteiger partial charge >= 0.3 is 6.09 Å². The van der Waals surface area contributed by atoms with Crippen LogP contribution in [-0.2, 0) is 16.0 Å². The number of aromatic nitrogens is 2.